The summed E-state index contributed by atoms with van der Waals surface area (Å²) in [5.41, 5.74) is 0.954. The number of nitrogens with zero attached hydrogens (tertiary/aromatic N) is 1. The summed E-state index contributed by atoms with van der Waals surface area (Å²) in [4.78, 5) is 13.0. The Morgan fingerprint density at radius 3 is 3.00 bits per heavy atom. The smallest absolute Gasteiger partial charge is 0.306 e. The van der Waals surface area contributed by atoms with Crippen LogP contribution in [-0.4, -0.2) is 41.8 Å². The first kappa shape index (κ1) is 15.6. The third-order valence-corrected chi connectivity index (χ3v) is 4.11. The number of carboxylic acids is 1. The summed E-state index contributed by atoms with van der Waals surface area (Å²) < 4.78 is 5.48. The number of aliphatic carboxylic acids is 1. The topological polar surface area (TPSA) is 49.8 Å². The van der Waals surface area contributed by atoms with Crippen molar-refractivity contribution in [2.75, 3.05) is 19.7 Å². The Morgan fingerprint density at radius 1 is 1.55 bits per heavy atom. The summed E-state index contributed by atoms with van der Waals surface area (Å²) in [6.45, 7) is 3.90. The molecule has 6 heteroatoms. The molecule has 1 heterocycles. The molecule has 1 aromatic carbocycles. The molecule has 0 spiro atoms. The Labute approximate surface area is 128 Å². The van der Waals surface area contributed by atoms with Crippen molar-refractivity contribution in [3.05, 3.63) is 33.8 Å². The molecule has 0 aliphatic carbocycles. The maximum absolute atomic E-state index is 10.8. The Hall–Kier alpha value is -0.810. The molecular formula is C14H17Cl2NO3. The highest BCUT2D eigenvalue weighted by atomic mass is 35.5. The van der Waals surface area contributed by atoms with Crippen LogP contribution in [0.2, 0.25) is 10.0 Å². The predicted molar refractivity (Wildman–Crippen MR) is 78.4 cm³/mol. The molecule has 20 heavy (non-hydrogen) atoms. The number of halogens is 2. The molecule has 0 saturated carbocycles. The summed E-state index contributed by atoms with van der Waals surface area (Å²) in [6, 6.07) is 5.47. The number of carboxylic acid groups (broad SMARTS) is 1. The van der Waals surface area contributed by atoms with Crippen molar-refractivity contribution in [3.63, 3.8) is 0 Å². The van der Waals surface area contributed by atoms with Gasteiger partial charge >= 0.3 is 5.97 Å². The second-order valence-electron chi connectivity index (χ2n) is 4.93. The van der Waals surface area contributed by atoms with Crippen molar-refractivity contribution in [3.8, 4) is 0 Å². The number of carbonyl (C=O) groups is 1. The first-order valence-corrected chi connectivity index (χ1v) is 7.25. The molecule has 2 rings (SSSR count). The van der Waals surface area contributed by atoms with Crippen molar-refractivity contribution in [1.29, 1.82) is 0 Å². The van der Waals surface area contributed by atoms with Gasteiger partial charge in [-0.3, -0.25) is 9.69 Å². The van der Waals surface area contributed by atoms with E-state index in [1.165, 1.54) is 0 Å². The molecule has 1 N–H and O–H groups in total. The highest BCUT2D eigenvalue weighted by Gasteiger charge is 2.27. The van der Waals surface area contributed by atoms with E-state index in [1.807, 2.05) is 13.0 Å². The molecule has 0 aromatic heterocycles. The third-order valence-electron chi connectivity index (χ3n) is 3.53. The van der Waals surface area contributed by atoms with Gasteiger partial charge in [0.2, 0.25) is 0 Å². The largest absolute Gasteiger partial charge is 0.481 e. The Kier molecular flexibility index (Phi) is 5.27. The lowest BCUT2D eigenvalue weighted by Gasteiger charge is -2.36. The van der Waals surface area contributed by atoms with Gasteiger partial charge in [-0.1, -0.05) is 23.2 Å². The molecule has 1 aliphatic heterocycles. The highest BCUT2D eigenvalue weighted by Crippen LogP contribution is 2.31. The van der Waals surface area contributed by atoms with E-state index < -0.39 is 5.97 Å². The molecule has 0 amide bonds. The zero-order valence-electron chi connectivity index (χ0n) is 11.2. The minimum atomic E-state index is -0.842. The van der Waals surface area contributed by atoms with Crippen LogP contribution in [0.3, 0.4) is 0 Å². The number of rotatable bonds is 4. The van der Waals surface area contributed by atoms with Crippen LogP contribution in [0, 0.1) is 0 Å². The fraction of sp³-hybridized carbons (Fsp3) is 0.500. The molecule has 4 nitrogen and oxygen atoms in total. The average Bonchev–Trinajstić information content (AvgIpc) is 2.40. The van der Waals surface area contributed by atoms with E-state index in [0.29, 0.717) is 23.2 Å². The van der Waals surface area contributed by atoms with Crippen LogP contribution in [0.1, 0.15) is 24.9 Å². The van der Waals surface area contributed by atoms with Crippen LogP contribution >= 0.6 is 23.2 Å². The average molecular weight is 318 g/mol. The lowest BCUT2D eigenvalue weighted by Crippen LogP contribution is -2.44. The zero-order chi connectivity index (χ0) is 14.7. The highest BCUT2D eigenvalue weighted by molar-refractivity contribution is 6.33. The summed E-state index contributed by atoms with van der Waals surface area (Å²) in [7, 11) is 0. The van der Waals surface area contributed by atoms with Crippen LogP contribution in [-0.2, 0) is 9.53 Å². The first-order valence-electron chi connectivity index (χ1n) is 6.49. The minimum Gasteiger partial charge on any atom is -0.481 e. The van der Waals surface area contributed by atoms with Gasteiger partial charge in [-0.2, -0.15) is 0 Å². The predicted octanol–water partition coefficient (Wildman–Crippen LogP) is 3.23. The fourth-order valence-corrected chi connectivity index (χ4v) is 2.90. The molecule has 1 saturated heterocycles. The molecule has 110 valence electrons. The maximum atomic E-state index is 10.8. The summed E-state index contributed by atoms with van der Waals surface area (Å²) in [6.07, 6.45) is -0.256. The van der Waals surface area contributed by atoms with E-state index in [-0.39, 0.29) is 18.6 Å². The number of morpholine rings is 1. The normalized spacial score (nSPS) is 21.6. The van der Waals surface area contributed by atoms with E-state index in [0.717, 1.165) is 12.1 Å². The van der Waals surface area contributed by atoms with Crippen LogP contribution in [0.15, 0.2) is 18.2 Å². The van der Waals surface area contributed by atoms with Gasteiger partial charge in [0.15, 0.2) is 0 Å². The second-order valence-corrected chi connectivity index (χ2v) is 5.77. The maximum Gasteiger partial charge on any atom is 0.306 e. The lowest BCUT2D eigenvalue weighted by molar-refractivity contribution is -0.142. The van der Waals surface area contributed by atoms with Gasteiger partial charge in [-0.15, -0.1) is 0 Å². The van der Waals surface area contributed by atoms with E-state index >= 15 is 0 Å². The standard InChI is InChI=1S/C14H17Cl2NO3/c1-9(12-6-10(15)2-3-13(12)16)17-4-5-20-11(8-17)7-14(18)19/h2-3,6,9,11H,4-5,7-8H2,1H3,(H,18,19). The second kappa shape index (κ2) is 6.76. The molecule has 2 unspecified atom stereocenters. The van der Waals surface area contributed by atoms with Gasteiger partial charge in [0.25, 0.3) is 0 Å². The van der Waals surface area contributed by atoms with Crippen molar-refractivity contribution in [2.45, 2.75) is 25.5 Å². The molecule has 1 aromatic rings. The van der Waals surface area contributed by atoms with Crippen molar-refractivity contribution in [1.82, 2.24) is 4.90 Å². The fourth-order valence-electron chi connectivity index (χ4n) is 2.44. The lowest BCUT2D eigenvalue weighted by atomic mass is 10.0. The van der Waals surface area contributed by atoms with Gasteiger partial charge in [0, 0.05) is 29.2 Å². The Bertz CT molecular complexity index is 495. The minimum absolute atomic E-state index is 0.0203. The number of benzene rings is 1. The first-order chi connectivity index (χ1) is 9.47. The van der Waals surface area contributed by atoms with Crippen molar-refractivity contribution in [2.24, 2.45) is 0 Å². The van der Waals surface area contributed by atoms with Gasteiger partial charge in [-0.25, -0.2) is 0 Å². The van der Waals surface area contributed by atoms with Crippen LogP contribution in [0.25, 0.3) is 0 Å². The zero-order valence-corrected chi connectivity index (χ0v) is 12.7. The number of hydrogen-bond donors (Lipinski definition) is 1. The Balaban J connectivity index is 2.09. The summed E-state index contributed by atoms with van der Waals surface area (Å²) >= 11 is 12.2. The molecule has 0 radical (unpaired) electrons. The van der Waals surface area contributed by atoms with E-state index in [4.69, 9.17) is 33.0 Å². The summed E-state index contributed by atoms with van der Waals surface area (Å²) in [5, 5.41) is 10.2. The van der Waals surface area contributed by atoms with E-state index in [9.17, 15) is 4.79 Å². The SMILES string of the molecule is CC(c1cc(Cl)ccc1Cl)N1CCOC(CC(=O)O)C1. The third kappa shape index (κ3) is 3.85. The monoisotopic (exact) mass is 317 g/mol. The summed E-state index contributed by atoms with van der Waals surface area (Å²) in [5.74, 6) is -0.842. The Morgan fingerprint density at radius 2 is 2.30 bits per heavy atom. The van der Waals surface area contributed by atoms with E-state index in [2.05, 4.69) is 4.90 Å². The van der Waals surface area contributed by atoms with Crippen LogP contribution in [0.4, 0.5) is 0 Å². The molecular weight excluding hydrogens is 301 g/mol. The van der Waals surface area contributed by atoms with Crippen LogP contribution in [0.5, 0.6) is 0 Å². The van der Waals surface area contributed by atoms with Gasteiger partial charge < -0.3 is 9.84 Å². The van der Waals surface area contributed by atoms with Gasteiger partial charge in [0.05, 0.1) is 19.1 Å². The molecule has 2 atom stereocenters. The van der Waals surface area contributed by atoms with Crippen LogP contribution < -0.4 is 0 Å². The molecule has 1 fully saturated rings. The van der Waals surface area contributed by atoms with Crippen molar-refractivity contribution < 1.29 is 14.6 Å². The van der Waals surface area contributed by atoms with E-state index in [1.54, 1.807) is 12.1 Å². The van der Waals surface area contributed by atoms with Gasteiger partial charge in [-0.05, 0) is 30.7 Å². The number of ether oxygens (including phenoxy) is 1. The van der Waals surface area contributed by atoms with Crippen molar-refractivity contribution >= 4 is 29.2 Å². The molecule has 0 bridgehead atoms. The molecule has 1 aliphatic rings. The quantitative estimate of drug-likeness (QED) is 0.926. The number of hydrogen-bond acceptors (Lipinski definition) is 3. The van der Waals surface area contributed by atoms with Gasteiger partial charge in [0.1, 0.15) is 0 Å².